The van der Waals surface area contributed by atoms with Gasteiger partial charge >= 0.3 is 0 Å². The van der Waals surface area contributed by atoms with Gasteiger partial charge in [0.2, 0.25) is 5.91 Å². The fraction of sp³-hybridized carbons (Fsp3) is 0.455. The van der Waals surface area contributed by atoms with Gasteiger partial charge in [-0.05, 0) is 18.6 Å². The normalized spacial score (nSPS) is 12.2. The molecule has 0 bridgehead atoms. The molecule has 0 aliphatic heterocycles. The van der Waals surface area contributed by atoms with Crippen molar-refractivity contribution in [1.29, 1.82) is 0 Å². The Kier molecular flexibility index (Phi) is 5.22. The summed E-state index contributed by atoms with van der Waals surface area (Å²) in [5, 5.41) is 2.98. The number of nitrogens with zero attached hydrogens (tertiary/aromatic N) is 1. The second-order valence-electron chi connectivity index (χ2n) is 3.58. The molecule has 0 fully saturated rings. The van der Waals surface area contributed by atoms with E-state index in [1.54, 1.807) is 18.2 Å². The Labute approximate surface area is 100 Å². The highest BCUT2D eigenvalue weighted by Crippen LogP contribution is 2.10. The van der Waals surface area contributed by atoms with E-state index in [0.717, 1.165) is 12.8 Å². The minimum Gasteiger partial charge on any atom is -0.320 e. The van der Waals surface area contributed by atoms with Gasteiger partial charge in [0.1, 0.15) is 11.0 Å². The Morgan fingerprint density at radius 3 is 3.00 bits per heavy atom. The Bertz CT molecular complexity index is 357. The average Bonchev–Trinajstić information content (AvgIpc) is 2.25. The van der Waals surface area contributed by atoms with E-state index in [1.807, 2.05) is 0 Å². The van der Waals surface area contributed by atoms with Gasteiger partial charge in [0.15, 0.2) is 0 Å². The van der Waals surface area contributed by atoms with Crippen LogP contribution in [-0.2, 0) is 4.79 Å². The number of rotatable bonds is 5. The predicted molar refractivity (Wildman–Crippen MR) is 65.4 cm³/mol. The Morgan fingerprint density at radius 2 is 2.38 bits per heavy atom. The molecule has 0 spiro atoms. The summed E-state index contributed by atoms with van der Waals surface area (Å²) in [6, 6.07) is 4.56. The van der Waals surface area contributed by atoms with E-state index in [4.69, 9.17) is 17.3 Å². The number of carbonyl (C=O) groups is 1. The lowest BCUT2D eigenvalue weighted by molar-refractivity contribution is -0.117. The molecule has 88 valence electrons. The first-order valence-corrected chi connectivity index (χ1v) is 5.70. The molecule has 4 nitrogen and oxygen atoms in total. The summed E-state index contributed by atoms with van der Waals surface area (Å²) in [7, 11) is 0. The van der Waals surface area contributed by atoms with Crippen LogP contribution in [0.1, 0.15) is 26.2 Å². The molecule has 0 saturated heterocycles. The molecular formula is C11H16ClN3O. The van der Waals surface area contributed by atoms with Gasteiger partial charge in [0, 0.05) is 0 Å². The highest BCUT2D eigenvalue weighted by Gasteiger charge is 2.13. The van der Waals surface area contributed by atoms with Crippen molar-refractivity contribution in [2.75, 3.05) is 5.32 Å². The fourth-order valence-corrected chi connectivity index (χ4v) is 1.42. The quantitative estimate of drug-likeness (QED) is 0.777. The molecule has 0 saturated carbocycles. The number of amides is 1. The maximum absolute atomic E-state index is 11.6. The summed E-state index contributed by atoms with van der Waals surface area (Å²) < 4.78 is 0. The molecule has 3 N–H and O–H groups in total. The van der Waals surface area contributed by atoms with Gasteiger partial charge in [-0.3, -0.25) is 4.79 Å². The van der Waals surface area contributed by atoms with Gasteiger partial charge in [0.25, 0.3) is 0 Å². The summed E-state index contributed by atoms with van der Waals surface area (Å²) in [6.07, 6.45) is 2.65. The maximum Gasteiger partial charge on any atom is 0.242 e. The van der Waals surface area contributed by atoms with Crippen LogP contribution in [0, 0.1) is 0 Å². The second-order valence-corrected chi connectivity index (χ2v) is 3.97. The van der Waals surface area contributed by atoms with Gasteiger partial charge in [0.05, 0.1) is 6.04 Å². The average molecular weight is 242 g/mol. The maximum atomic E-state index is 11.6. The van der Waals surface area contributed by atoms with Crippen molar-refractivity contribution >= 4 is 23.3 Å². The lowest BCUT2D eigenvalue weighted by Gasteiger charge is -2.10. The molecule has 0 aromatic carbocycles. The minimum absolute atomic E-state index is 0.219. The molecule has 1 atom stereocenters. The fourth-order valence-electron chi connectivity index (χ4n) is 1.25. The highest BCUT2D eigenvalue weighted by atomic mass is 35.5. The number of carbonyl (C=O) groups excluding carboxylic acids is 1. The molecule has 0 aliphatic rings. The van der Waals surface area contributed by atoms with Crippen LogP contribution in [0.2, 0.25) is 5.15 Å². The Balaban J connectivity index is 2.50. The van der Waals surface area contributed by atoms with E-state index in [-0.39, 0.29) is 5.91 Å². The van der Waals surface area contributed by atoms with Crippen LogP contribution in [0.15, 0.2) is 18.2 Å². The van der Waals surface area contributed by atoms with E-state index in [2.05, 4.69) is 17.2 Å². The number of anilines is 1. The molecule has 1 heterocycles. The van der Waals surface area contributed by atoms with Crippen LogP contribution in [-0.4, -0.2) is 16.9 Å². The molecule has 16 heavy (non-hydrogen) atoms. The lowest BCUT2D eigenvalue weighted by atomic mass is 10.1. The van der Waals surface area contributed by atoms with Crippen LogP contribution in [0.4, 0.5) is 5.82 Å². The molecule has 1 aromatic heterocycles. The molecule has 5 heteroatoms. The third-order valence-electron chi connectivity index (χ3n) is 2.17. The summed E-state index contributed by atoms with van der Waals surface area (Å²) in [5.74, 6) is 0.215. The van der Waals surface area contributed by atoms with Gasteiger partial charge in [-0.1, -0.05) is 37.4 Å². The van der Waals surface area contributed by atoms with E-state index in [0.29, 0.717) is 17.4 Å². The Morgan fingerprint density at radius 1 is 1.62 bits per heavy atom. The number of aromatic nitrogens is 1. The molecule has 0 radical (unpaired) electrons. The van der Waals surface area contributed by atoms with Crippen molar-refractivity contribution in [3.05, 3.63) is 23.4 Å². The first kappa shape index (κ1) is 12.9. The van der Waals surface area contributed by atoms with Crippen molar-refractivity contribution in [2.24, 2.45) is 5.73 Å². The number of hydrogen-bond acceptors (Lipinski definition) is 3. The van der Waals surface area contributed by atoms with Gasteiger partial charge < -0.3 is 11.1 Å². The molecule has 0 unspecified atom stereocenters. The highest BCUT2D eigenvalue weighted by molar-refractivity contribution is 6.29. The predicted octanol–water partition coefficient (Wildman–Crippen LogP) is 2.19. The van der Waals surface area contributed by atoms with Crippen LogP contribution in [0.25, 0.3) is 0 Å². The number of halogens is 1. The SMILES string of the molecule is CCCC[C@H](N)C(=O)Nc1cccc(Cl)n1. The number of nitrogens with two attached hydrogens (primary N) is 1. The van der Waals surface area contributed by atoms with Crippen LogP contribution >= 0.6 is 11.6 Å². The van der Waals surface area contributed by atoms with Crippen molar-refractivity contribution in [2.45, 2.75) is 32.2 Å². The molecule has 0 aliphatic carbocycles. The number of pyridine rings is 1. The zero-order valence-corrected chi connectivity index (χ0v) is 10.00. The van der Waals surface area contributed by atoms with E-state index >= 15 is 0 Å². The number of hydrogen-bond donors (Lipinski definition) is 2. The van der Waals surface area contributed by atoms with E-state index < -0.39 is 6.04 Å². The molecule has 1 aromatic rings. The molecule has 1 rings (SSSR count). The van der Waals surface area contributed by atoms with Crippen LogP contribution < -0.4 is 11.1 Å². The first-order chi connectivity index (χ1) is 7.63. The zero-order chi connectivity index (χ0) is 12.0. The van der Waals surface area contributed by atoms with Gasteiger partial charge in [-0.25, -0.2) is 4.98 Å². The van der Waals surface area contributed by atoms with Crippen LogP contribution in [0.3, 0.4) is 0 Å². The summed E-state index contributed by atoms with van der Waals surface area (Å²) in [4.78, 5) is 15.6. The number of unbranched alkanes of at least 4 members (excludes halogenated alkanes) is 1. The van der Waals surface area contributed by atoms with Crippen molar-refractivity contribution in [3.8, 4) is 0 Å². The van der Waals surface area contributed by atoms with E-state index in [1.165, 1.54) is 0 Å². The van der Waals surface area contributed by atoms with Gasteiger partial charge in [-0.2, -0.15) is 0 Å². The van der Waals surface area contributed by atoms with Crippen molar-refractivity contribution in [3.63, 3.8) is 0 Å². The topological polar surface area (TPSA) is 68.0 Å². The Hall–Kier alpha value is -1.13. The largest absolute Gasteiger partial charge is 0.320 e. The minimum atomic E-state index is -0.485. The van der Waals surface area contributed by atoms with E-state index in [9.17, 15) is 4.79 Å². The summed E-state index contributed by atoms with van der Waals surface area (Å²) in [5.41, 5.74) is 5.72. The smallest absolute Gasteiger partial charge is 0.242 e. The standard InChI is InChI=1S/C11H16ClN3O/c1-2-3-5-8(13)11(16)15-10-7-4-6-9(12)14-10/h4,6-8H,2-3,5,13H2,1H3,(H,14,15,16)/t8-/m0/s1. The van der Waals surface area contributed by atoms with Crippen molar-refractivity contribution < 1.29 is 4.79 Å². The zero-order valence-electron chi connectivity index (χ0n) is 9.24. The second kappa shape index (κ2) is 6.45. The monoisotopic (exact) mass is 241 g/mol. The lowest BCUT2D eigenvalue weighted by Crippen LogP contribution is -2.35. The van der Waals surface area contributed by atoms with Crippen molar-refractivity contribution in [1.82, 2.24) is 4.98 Å². The first-order valence-electron chi connectivity index (χ1n) is 5.32. The van der Waals surface area contributed by atoms with Crippen LogP contribution in [0.5, 0.6) is 0 Å². The molecular weight excluding hydrogens is 226 g/mol. The summed E-state index contributed by atoms with van der Waals surface area (Å²) in [6.45, 7) is 2.06. The third kappa shape index (κ3) is 4.16. The summed E-state index contributed by atoms with van der Waals surface area (Å²) >= 11 is 5.70. The third-order valence-corrected chi connectivity index (χ3v) is 2.38. The van der Waals surface area contributed by atoms with Gasteiger partial charge in [-0.15, -0.1) is 0 Å². The number of nitrogens with one attached hydrogen (secondary N) is 1. The molecule has 1 amide bonds.